The van der Waals surface area contributed by atoms with Crippen LogP contribution in [0.15, 0.2) is 48.5 Å². The van der Waals surface area contributed by atoms with Crippen molar-refractivity contribution in [2.45, 2.75) is 31.5 Å². The lowest BCUT2D eigenvalue weighted by atomic mass is 10.1. The number of carbonyl (C=O) groups is 1. The SMILES string of the molecule is CC(COc1ccc(F)cc1)NC(=O)N[C@@H]1c2ccccc2C[C@@H]1O. The van der Waals surface area contributed by atoms with Gasteiger partial charge in [-0.1, -0.05) is 24.3 Å². The number of aliphatic hydroxyl groups excluding tert-OH is 1. The van der Waals surface area contributed by atoms with Gasteiger partial charge in [-0.25, -0.2) is 9.18 Å². The summed E-state index contributed by atoms with van der Waals surface area (Å²) in [5.41, 5.74) is 1.99. The maximum absolute atomic E-state index is 12.8. The third kappa shape index (κ3) is 4.28. The van der Waals surface area contributed by atoms with E-state index in [0.29, 0.717) is 12.2 Å². The highest BCUT2D eigenvalue weighted by atomic mass is 19.1. The molecule has 0 spiro atoms. The number of aliphatic hydroxyl groups is 1. The Balaban J connectivity index is 1.49. The van der Waals surface area contributed by atoms with E-state index >= 15 is 0 Å². The second kappa shape index (κ2) is 7.53. The zero-order valence-electron chi connectivity index (χ0n) is 13.9. The fourth-order valence-electron chi connectivity index (χ4n) is 2.95. The highest BCUT2D eigenvalue weighted by Gasteiger charge is 2.31. The topological polar surface area (TPSA) is 70.6 Å². The fraction of sp³-hybridized carbons (Fsp3) is 0.316. The Bertz CT molecular complexity index is 736. The molecule has 0 aromatic heterocycles. The first kappa shape index (κ1) is 17.2. The lowest BCUT2D eigenvalue weighted by Gasteiger charge is -2.21. The number of urea groups is 1. The summed E-state index contributed by atoms with van der Waals surface area (Å²) < 4.78 is 18.4. The summed E-state index contributed by atoms with van der Waals surface area (Å²) >= 11 is 0. The number of hydrogen-bond donors (Lipinski definition) is 3. The van der Waals surface area contributed by atoms with Crippen LogP contribution in [0.2, 0.25) is 0 Å². The lowest BCUT2D eigenvalue weighted by molar-refractivity contribution is 0.141. The van der Waals surface area contributed by atoms with E-state index in [0.717, 1.165) is 11.1 Å². The molecule has 1 aliphatic carbocycles. The largest absolute Gasteiger partial charge is 0.491 e. The molecule has 0 saturated heterocycles. The number of fused-ring (bicyclic) bond motifs is 1. The Morgan fingerprint density at radius 2 is 2.00 bits per heavy atom. The van der Waals surface area contributed by atoms with E-state index in [9.17, 15) is 14.3 Å². The van der Waals surface area contributed by atoms with Crippen molar-refractivity contribution in [3.05, 3.63) is 65.5 Å². The number of hydrogen-bond acceptors (Lipinski definition) is 3. The molecule has 2 aromatic carbocycles. The average molecular weight is 344 g/mol. The van der Waals surface area contributed by atoms with E-state index in [4.69, 9.17) is 4.74 Å². The van der Waals surface area contributed by atoms with Gasteiger partial charge >= 0.3 is 6.03 Å². The third-order valence-electron chi connectivity index (χ3n) is 4.18. The number of ether oxygens (including phenoxy) is 1. The van der Waals surface area contributed by atoms with Crippen molar-refractivity contribution < 1.29 is 19.0 Å². The van der Waals surface area contributed by atoms with Gasteiger partial charge in [0, 0.05) is 6.42 Å². The standard InChI is InChI=1S/C19H21FN2O3/c1-12(11-25-15-8-6-14(20)7-9-15)21-19(24)22-18-16-5-3-2-4-13(16)10-17(18)23/h2-9,12,17-18,23H,10-11H2,1H3,(H2,21,22,24)/t12?,17-,18+/m0/s1. The molecule has 3 rings (SSSR count). The van der Waals surface area contributed by atoms with Crippen LogP contribution in [0.25, 0.3) is 0 Å². The normalized spacial score (nSPS) is 19.8. The van der Waals surface area contributed by atoms with E-state index in [1.165, 1.54) is 24.3 Å². The second-order valence-electron chi connectivity index (χ2n) is 6.23. The van der Waals surface area contributed by atoms with Crippen LogP contribution in [0.4, 0.5) is 9.18 Å². The summed E-state index contributed by atoms with van der Waals surface area (Å²) in [6.45, 7) is 2.06. The van der Waals surface area contributed by atoms with Crippen LogP contribution in [0.3, 0.4) is 0 Å². The molecule has 6 heteroatoms. The van der Waals surface area contributed by atoms with E-state index in [1.807, 2.05) is 31.2 Å². The van der Waals surface area contributed by atoms with Crippen molar-refractivity contribution >= 4 is 6.03 Å². The van der Waals surface area contributed by atoms with Crippen molar-refractivity contribution in [3.63, 3.8) is 0 Å². The molecular weight excluding hydrogens is 323 g/mol. The lowest BCUT2D eigenvalue weighted by Crippen LogP contribution is -2.46. The Morgan fingerprint density at radius 3 is 2.76 bits per heavy atom. The monoisotopic (exact) mass is 344 g/mol. The van der Waals surface area contributed by atoms with Crippen molar-refractivity contribution in [3.8, 4) is 5.75 Å². The first-order valence-electron chi connectivity index (χ1n) is 8.24. The predicted octanol–water partition coefficient (Wildman–Crippen LogP) is 2.55. The van der Waals surface area contributed by atoms with Gasteiger partial charge in [-0.2, -0.15) is 0 Å². The number of carbonyl (C=O) groups excluding carboxylic acids is 1. The highest BCUT2D eigenvalue weighted by Crippen LogP contribution is 2.31. The maximum atomic E-state index is 12.8. The van der Waals surface area contributed by atoms with Crippen LogP contribution in [0.1, 0.15) is 24.1 Å². The molecule has 3 atom stereocenters. The molecule has 0 saturated carbocycles. The number of rotatable bonds is 5. The summed E-state index contributed by atoms with van der Waals surface area (Å²) in [7, 11) is 0. The van der Waals surface area contributed by atoms with Crippen LogP contribution >= 0.6 is 0 Å². The van der Waals surface area contributed by atoms with Gasteiger partial charge in [-0.15, -0.1) is 0 Å². The van der Waals surface area contributed by atoms with Crippen molar-refractivity contribution in [1.82, 2.24) is 10.6 Å². The minimum absolute atomic E-state index is 0.251. The quantitative estimate of drug-likeness (QED) is 0.781. The number of nitrogens with one attached hydrogen (secondary N) is 2. The minimum atomic E-state index is -0.631. The zero-order chi connectivity index (χ0) is 17.8. The van der Waals surface area contributed by atoms with E-state index in [-0.39, 0.29) is 24.5 Å². The van der Waals surface area contributed by atoms with Gasteiger partial charge in [0.05, 0.1) is 18.2 Å². The number of halogens is 1. The van der Waals surface area contributed by atoms with Crippen molar-refractivity contribution in [2.24, 2.45) is 0 Å². The summed E-state index contributed by atoms with van der Waals surface area (Å²) in [5.74, 6) is 0.212. The van der Waals surface area contributed by atoms with Crippen molar-refractivity contribution in [1.29, 1.82) is 0 Å². The molecule has 132 valence electrons. The number of amides is 2. The number of benzene rings is 2. The van der Waals surface area contributed by atoms with Gasteiger partial charge in [-0.3, -0.25) is 0 Å². The van der Waals surface area contributed by atoms with Crippen LogP contribution in [0, 0.1) is 5.82 Å². The third-order valence-corrected chi connectivity index (χ3v) is 4.18. The Morgan fingerprint density at radius 1 is 1.28 bits per heavy atom. The Labute approximate surface area is 145 Å². The second-order valence-corrected chi connectivity index (χ2v) is 6.23. The van der Waals surface area contributed by atoms with E-state index in [2.05, 4.69) is 10.6 Å². The van der Waals surface area contributed by atoms with E-state index < -0.39 is 12.1 Å². The molecule has 0 bridgehead atoms. The molecule has 2 aromatic rings. The van der Waals surface area contributed by atoms with Crippen LogP contribution < -0.4 is 15.4 Å². The zero-order valence-corrected chi connectivity index (χ0v) is 13.9. The van der Waals surface area contributed by atoms with Gasteiger partial charge in [0.2, 0.25) is 0 Å². The summed E-state index contributed by atoms with van der Waals surface area (Å²) in [6, 6.07) is 12.4. The molecule has 0 heterocycles. The predicted molar refractivity (Wildman–Crippen MR) is 91.9 cm³/mol. The van der Waals surface area contributed by atoms with E-state index in [1.54, 1.807) is 0 Å². The summed E-state index contributed by atoms with van der Waals surface area (Å²) in [5, 5.41) is 15.8. The Hall–Kier alpha value is -2.60. The van der Waals surface area contributed by atoms with Crippen LogP contribution in [-0.2, 0) is 6.42 Å². The first-order valence-corrected chi connectivity index (χ1v) is 8.24. The Kier molecular flexibility index (Phi) is 5.19. The molecule has 1 aliphatic rings. The fourth-order valence-corrected chi connectivity index (χ4v) is 2.95. The molecule has 2 amide bonds. The van der Waals surface area contributed by atoms with Gasteiger partial charge in [0.1, 0.15) is 18.2 Å². The molecule has 3 N–H and O–H groups in total. The van der Waals surface area contributed by atoms with Crippen molar-refractivity contribution in [2.75, 3.05) is 6.61 Å². The first-order chi connectivity index (χ1) is 12.0. The molecule has 1 unspecified atom stereocenters. The maximum Gasteiger partial charge on any atom is 0.315 e. The van der Waals surface area contributed by atoms with Gasteiger partial charge in [0.25, 0.3) is 0 Å². The minimum Gasteiger partial charge on any atom is -0.491 e. The highest BCUT2D eigenvalue weighted by molar-refractivity contribution is 5.75. The van der Waals surface area contributed by atoms with Gasteiger partial charge < -0.3 is 20.5 Å². The summed E-state index contributed by atoms with van der Waals surface area (Å²) in [4.78, 5) is 12.2. The molecule has 0 aliphatic heterocycles. The van der Waals surface area contributed by atoms with Crippen LogP contribution in [-0.4, -0.2) is 29.9 Å². The molecular formula is C19H21FN2O3. The summed E-state index contributed by atoms with van der Waals surface area (Å²) in [6.07, 6.45) is -0.0985. The molecule has 0 radical (unpaired) electrons. The van der Waals surface area contributed by atoms with Gasteiger partial charge in [-0.05, 0) is 42.3 Å². The molecule has 0 fully saturated rings. The van der Waals surface area contributed by atoms with Gasteiger partial charge in [0.15, 0.2) is 0 Å². The smallest absolute Gasteiger partial charge is 0.315 e. The van der Waals surface area contributed by atoms with Crippen LogP contribution in [0.5, 0.6) is 5.75 Å². The molecule has 25 heavy (non-hydrogen) atoms. The average Bonchev–Trinajstić information content (AvgIpc) is 2.90. The molecule has 5 nitrogen and oxygen atoms in total.